The van der Waals surface area contributed by atoms with Crippen LogP contribution in [0.5, 0.6) is 5.75 Å². The van der Waals surface area contributed by atoms with Gasteiger partial charge in [0.1, 0.15) is 23.1 Å². The lowest BCUT2D eigenvalue weighted by molar-refractivity contribution is 0.0519. The number of H-pyrrole nitrogens is 1. The SMILES string of the molecule is CCOC(=O)c1[nH]c2ccc(-c3cc(F)cc(F)c3)cc2c1CCNC(=O)c1ccccc1O. The number of carbonyl (C=O) groups is 2. The zero-order valence-corrected chi connectivity index (χ0v) is 18.3. The highest BCUT2D eigenvalue weighted by atomic mass is 19.1. The highest BCUT2D eigenvalue weighted by Gasteiger charge is 2.20. The zero-order valence-electron chi connectivity index (χ0n) is 18.3. The number of esters is 1. The summed E-state index contributed by atoms with van der Waals surface area (Å²) in [6, 6.07) is 14.6. The van der Waals surface area contributed by atoms with E-state index in [4.69, 9.17) is 4.74 Å². The summed E-state index contributed by atoms with van der Waals surface area (Å²) in [5.41, 5.74) is 2.56. The van der Waals surface area contributed by atoms with Gasteiger partial charge in [0.25, 0.3) is 5.91 Å². The van der Waals surface area contributed by atoms with Gasteiger partial charge in [-0.3, -0.25) is 4.79 Å². The van der Waals surface area contributed by atoms with E-state index in [1.54, 1.807) is 37.3 Å². The molecule has 0 aliphatic heterocycles. The lowest BCUT2D eigenvalue weighted by Crippen LogP contribution is -2.26. The normalized spacial score (nSPS) is 10.9. The Morgan fingerprint density at radius 3 is 2.44 bits per heavy atom. The number of amides is 1. The van der Waals surface area contributed by atoms with Crippen molar-refractivity contribution in [2.75, 3.05) is 13.2 Å². The minimum atomic E-state index is -0.691. The Morgan fingerprint density at radius 1 is 1.00 bits per heavy atom. The number of benzene rings is 3. The van der Waals surface area contributed by atoms with Crippen LogP contribution in [0.3, 0.4) is 0 Å². The Hall–Kier alpha value is -4.20. The van der Waals surface area contributed by atoms with Gasteiger partial charge in [0.2, 0.25) is 0 Å². The Kier molecular flexibility index (Phi) is 6.58. The summed E-state index contributed by atoms with van der Waals surface area (Å²) in [4.78, 5) is 28.1. The Morgan fingerprint density at radius 2 is 1.74 bits per heavy atom. The molecule has 0 saturated heterocycles. The standard InChI is InChI=1S/C26H22F2N2O4/c1-2-34-26(33)24-19(9-10-29-25(32)20-5-3-4-6-23(20)31)21-13-15(7-8-22(21)30-24)16-11-17(27)14-18(28)12-16/h3-8,11-14,30-31H,2,9-10H2,1H3,(H,29,32). The van der Waals surface area contributed by atoms with Gasteiger partial charge in [-0.15, -0.1) is 0 Å². The van der Waals surface area contributed by atoms with Crippen molar-refractivity contribution in [2.45, 2.75) is 13.3 Å². The summed E-state index contributed by atoms with van der Waals surface area (Å²) < 4.78 is 32.7. The number of nitrogens with one attached hydrogen (secondary N) is 2. The Bertz CT molecular complexity index is 1360. The van der Waals surface area contributed by atoms with Crippen LogP contribution in [0.4, 0.5) is 8.78 Å². The molecule has 0 radical (unpaired) electrons. The highest BCUT2D eigenvalue weighted by Crippen LogP contribution is 2.30. The van der Waals surface area contributed by atoms with Crippen molar-refractivity contribution in [3.63, 3.8) is 0 Å². The minimum absolute atomic E-state index is 0.133. The average molecular weight is 464 g/mol. The van der Waals surface area contributed by atoms with E-state index < -0.39 is 23.5 Å². The number of para-hydroxylation sites is 1. The van der Waals surface area contributed by atoms with Crippen LogP contribution in [0.2, 0.25) is 0 Å². The van der Waals surface area contributed by atoms with E-state index in [1.165, 1.54) is 24.3 Å². The van der Waals surface area contributed by atoms with Crippen molar-refractivity contribution >= 4 is 22.8 Å². The number of hydrogen-bond donors (Lipinski definition) is 3. The van der Waals surface area contributed by atoms with Gasteiger partial charge in [-0.25, -0.2) is 13.6 Å². The smallest absolute Gasteiger partial charge is 0.355 e. The maximum absolute atomic E-state index is 13.7. The van der Waals surface area contributed by atoms with Crippen LogP contribution in [0.15, 0.2) is 60.7 Å². The first-order valence-electron chi connectivity index (χ1n) is 10.7. The molecule has 4 rings (SSSR count). The molecule has 8 heteroatoms. The molecule has 1 heterocycles. The number of carbonyl (C=O) groups excluding carboxylic acids is 2. The molecular weight excluding hydrogens is 442 g/mol. The Labute approximate surface area is 194 Å². The number of halogens is 2. The second-order valence-corrected chi connectivity index (χ2v) is 7.64. The summed E-state index contributed by atoms with van der Waals surface area (Å²) in [6.45, 7) is 2.06. The van der Waals surface area contributed by atoms with Gasteiger partial charge < -0.3 is 20.1 Å². The van der Waals surface area contributed by atoms with Gasteiger partial charge in [0, 0.05) is 23.5 Å². The van der Waals surface area contributed by atoms with Crippen LogP contribution >= 0.6 is 0 Å². The predicted octanol–water partition coefficient (Wildman–Crippen LogP) is 4.97. The van der Waals surface area contributed by atoms with Crippen molar-refractivity contribution < 1.29 is 28.2 Å². The van der Waals surface area contributed by atoms with E-state index in [0.29, 0.717) is 27.6 Å². The molecule has 34 heavy (non-hydrogen) atoms. The molecule has 3 aromatic carbocycles. The van der Waals surface area contributed by atoms with Gasteiger partial charge in [-0.2, -0.15) is 0 Å². The molecule has 0 fully saturated rings. The number of hydrogen-bond acceptors (Lipinski definition) is 4. The second-order valence-electron chi connectivity index (χ2n) is 7.64. The van der Waals surface area contributed by atoms with Gasteiger partial charge >= 0.3 is 5.97 Å². The van der Waals surface area contributed by atoms with Gasteiger partial charge in [-0.1, -0.05) is 18.2 Å². The highest BCUT2D eigenvalue weighted by molar-refractivity contribution is 6.00. The molecular formula is C26H22F2N2O4. The van der Waals surface area contributed by atoms with Crippen molar-refractivity contribution in [3.05, 3.63) is 89.1 Å². The van der Waals surface area contributed by atoms with Gasteiger partial charge in [-0.05, 0) is 66.4 Å². The first kappa shape index (κ1) is 23.0. The van der Waals surface area contributed by atoms with Crippen LogP contribution in [0, 0.1) is 11.6 Å². The fraction of sp³-hybridized carbons (Fsp3) is 0.154. The number of aromatic nitrogens is 1. The number of phenolic OH excluding ortho intramolecular Hbond substituents is 1. The van der Waals surface area contributed by atoms with Crippen LogP contribution in [0.1, 0.15) is 33.3 Å². The summed E-state index contributed by atoms with van der Waals surface area (Å²) in [6.07, 6.45) is 0.272. The maximum Gasteiger partial charge on any atom is 0.355 e. The van der Waals surface area contributed by atoms with Crippen LogP contribution in [-0.2, 0) is 11.2 Å². The summed E-state index contributed by atoms with van der Waals surface area (Å²) in [5.74, 6) is -2.51. The molecule has 174 valence electrons. The van der Waals surface area contributed by atoms with Crippen molar-refractivity contribution in [1.82, 2.24) is 10.3 Å². The number of rotatable bonds is 7. The van der Waals surface area contributed by atoms with E-state index in [9.17, 15) is 23.5 Å². The van der Waals surface area contributed by atoms with Crippen molar-refractivity contribution in [2.24, 2.45) is 0 Å². The molecule has 0 aliphatic carbocycles. The summed E-state index contributed by atoms with van der Waals surface area (Å²) in [5, 5.41) is 13.3. The quantitative estimate of drug-likeness (QED) is 0.337. The molecule has 0 saturated carbocycles. The van der Waals surface area contributed by atoms with E-state index in [-0.39, 0.29) is 36.6 Å². The van der Waals surface area contributed by atoms with E-state index in [2.05, 4.69) is 10.3 Å². The minimum Gasteiger partial charge on any atom is -0.507 e. The number of phenols is 1. The van der Waals surface area contributed by atoms with E-state index in [0.717, 1.165) is 6.07 Å². The maximum atomic E-state index is 13.7. The molecule has 0 atom stereocenters. The van der Waals surface area contributed by atoms with Crippen LogP contribution in [-0.4, -0.2) is 35.1 Å². The fourth-order valence-electron chi connectivity index (χ4n) is 3.85. The van der Waals surface area contributed by atoms with Gasteiger partial charge in [0.15, 0.2) is 0 Å². The number of fused-ring (bicyclic) bond motifs is 1. The van der Waals surface area contributed by atoms with Crippen molar-refractivity contribution in [1.29, 1.82) is 0 Å². The molecule has 0 bridgehead atoms. The van der Waals surface area contributed by atoms with Gasteiger partial charge in [0.05, 0.1) is 12.2 Å². The molecule has 0 aliphatic rings. The lowest BCUT2D eigenvalue weighted by atomic mass is 10.0. The summed E-state index contributed by atoms with van der Waals surface area (Å²) >= 11 is 0. The third-order valence-electron chi connectivity index (χ3n) is 5.39. The van der Waals surface area contributed by atoms with E-state index >= 15 is 0 Å². The van der Waals surface area contributed by atoms with Crippen LogP contribution in [0.25, 0.3) is 22.0 Å². The van der Waals surface area contributed by atoms with Crippen molar-refractivity contribution in [3.8, 4) is 16.9 Å². The lowest BCUT2D eigenvalue weighted by Gasteiger charge is -2.09. The largest absolute Gasteiger partial charge is 0.507 e. The third-order valence-corrected chi connectivity index (χ3v) is 5.39. The monoisotopic (exact) mass is 464 g/mol. The second kappa shape index (κ2) is 9.74. The number of aromatic hydroxyl groups is 1. The Balaban J connectivity index is 1.67. The first-order valence-corrected chi connectivity index (χ1v) is 10.7. The zero-order chi connectivity index (χ0) is 24.2. The third kappa shape index (κ3) is 4.76. The average Bonchev–Trinajstić information content (AvgIpc) is 3.17. The van der Waals surface area contributed by atoms with Crippen LogP contribution < -0.4 is 5.32 Å². The molecule has 0 spiro atoms. The summed E-state index contributed by atoms with van der Waals surface area (Å²) in [7, 11) is 0. The molecule has 4 aromatic rings. The van der Waals surface area contributed by atoms with E-state index in [1.807, 2.05) is 0 Å². The molecule has 1 aromatic heterocycles. The molecule has 3 N–H and O–H groups in total. The number of ether oxygens (including phenoxy) is 1. The molecule has 0 unspecified atom stereocenters. The first-order chi connectivity index (χ1) is 16.4. The topological polar surface area (TPSA) is 91.4 Å². The predicted molar refractivity (Wildman–Crippen MR) is 124 cm³/mol. The fourth-order valence-corrected chi connectivity index (χ4v) is 3.85. The number of aromatic amines is 1. The molecule has 6 nitrogen and oxygen atoms in total. The molecule has 1 amide bonds.